The minimum Gasteiger partial charge on any atom is -0.497 e. The van der Waals surface area contributed by atoms with Gasteiger partial charge >= 0.3 is 0 Å². The minimum absolute atomic E-state index is 0.155. The maximum Gasteiger partial charge on any atom is 0.256 e. The molecule has 150 valence electrons. The topological polar surface area (TPSA) is 53.0 Å². The number of β-amino-alcohol motifs (C(OH)–C–C–N with tert-alkyl or cyclic N) is 1. The van der Waals surface area contributed by atoms with E-state index < -0.39 is 5.60 Å². The van der Waals surface area contributed by atoms with E-state index in [0.717, 1.165) is 38.3 Å². The normalized spacial score (nSPS) is 25.0. The Bertz CT molecular complexity index is 661. The third-order valence-electron chi connectivity index (χ3n) is 6.09. The molecule has 1 atom stereocenters. The summed E-state index contributed by atoms with van der Waals surface area (Å²) in [7, 11) is 1.53. The zero-order valence-electron chi connectivity index (χ0n) is 16.4. The molecule has 0 bridgehead atoms. The van der Waals surface area contributed by atoms with Crippen LogP contribution in [0.25, 0.3) is 0 Å². The van der Waals surface area contributed by atoms with E-state index in [1.165, 1.54) is 19.6 Å². The van der Waals surface area contributed by atoms with Crippen LogP contribution in [-0.4, -0.2) is 59.7 Å². The summed E-state index contributed by atoms with van der Waals surface area (Å²) in [6.45, 7) is 5.14. The smallest absolute Gasteiger partial charge is 0.256 e. The van der Waals surface area contributed by atoms with Gasteiger partial charge in [-0.3, -0.25) is 9.69 Å². The predicted octanol–water partition coefficient (Wildman–Crippen LogP) is 2.81. The molecule has 6 heteroatoms. The number of methoxy groups -OCH3 is 1. The maximum absolute atomic E-state index is 14.2. The number of halogens is 1. The average molecular weight is 378 g/mol. The molecule has 0 aromatic heterocycles. The SMILES string of the molecule is CCC1CCN(C[C@@]2(O)CCCN(Cc3cc(OC)ccc3F)C2=O)CC1. The van der Waals surface area contributed by atoms with Crippen LogP contribution in [0.5, 0.6) is 5.75 Å². The summed E-state index contributed by atoms with van der Waals surface area (Å²) in [5.41, 5.74) is -0.956. The van der Waals surface area contributed by atoms with Crippen molar-refractivity contribution in [3.05, 3.63) is 29.6 Å². The molecule has 2 saturated heterocycles. The highest BCUT2D eigenvalue weighted by atomic mass is 19.1. The third kappa shape index (κ3) is 4.61. The summed E-state index contributed by atoms with van der Waals surface area (Å²) in [6.07, 6.45) is 4.63. The summed E-state index contributed by atoms with van der Waals surface area (Å²) in [5.74, 6) is 0.670. The van der Waals surface area contributed by atoms with E-state index in [0.29, 0.717) is 30.8 Å². The number of ether oxygens (including phenoxy) is 1. The molecule has 2 heterocycles. The van der Waals surface area contributed by atoms with Gasteiger partial charge in [-0.15, -0.1) is 0 Å². The lowest BCUT2D eigenvalue weighted by Crippen LogP contribution is -2.59. The van der Waals surface area contributed by atoms with E-state index in [-0.39, 0.29) is 18.3 Å². The second-order valence-electron chi connectivity index (χ2n) is 7.95. The summed E-state index contributed by atoms with van der Waals surface area (Å²) in [4.78, 5) is 16.8. The van der Waals surface area contributed by atoms with Crippen LogP contribution in [0.15, 0.2) is 18.2 Å². The first kappa shape index (κ1) is 20.1. The van der Waals surface area contributed by atoms with Gasteiger partial charge in [-0.2, -0.15) is 0 Å². The molecule has 3 rings (SSSR count). The highest BCUT2D eigenvalue weighted by molar-refractivity contribution is 5.86. The molecule has 0 spiro atoms. The van der Waals surface area contributed by atoms with Crippen LogP contribution in [0.4, 0.5) is 4.39 Å². The number of rotatable bonds is 6. The van der Waals surface area contributed by atoms with Crippen LogP contribution in [-0.2, 0) is 11.3 Å². The quantitative estimate of drug-likeness (QED) is 0.827. The fourth-order valence-corrected chi connectivity index (χ4v) is 4.29. The minimum atomic E-state index is -1.37. The number of hydrogen-bond donors (Lipinski definition) is 1. The molecule has 1 amide bonds. The zero-order chi connectivity index (χ0) is 19.4. The van der Waals surface area contributed by atoms with Crippen molar-refractivity contribution in [3.63, 3.8) is 0 Å². The molecule has 27 heavy (non-hydrogen) atoms. The second kappa shape index (κ2) is 8.57. The van der Waals surface area contributed by atoms with Crippen molar-refractivity contribution in [3.8, 4) is 5.75 Å². The number of piperidine rings is 2. The van der Waals surface area contributed by atoms with Crippen molar-refractivity contribution in [1.82, 2.24) is 9.80 Å². The molecule has 2 fully saturated rings. The first-order valence-electron chi connectivity index (χ1n) is 10.0. The number of aliphatic hydroxyl groups is 1. The van der Waals surface area contributed by atoms with Crippen LogP contribution in [0.2, 0.25) is 0 Å². The highest BCUT2D eigenvalue weighted by Gasteiger charge is 2.43. The van der Waals surface area contributed by atoms with Gasteiger partial charge in [-0.1, -0.05) is 13.3 Å². The van der Waals surface area contributed by atoms with E-state index >= 15 is 0 Å². The first-order valence-corrected chi connectivity index (χ1v) is 10.0. The van der Waals surface area contributed by atoms with Crippen LogP contribution in [0.1, 0.15) is 44.6 Å². The van der Waals surface area contributed by atoms with Gasteiger partial charge in [0.15, 0.2) is 5.60 Å². The van der Waals surface area contributed by atoms with Crippen molar-refractivity contribution in [1.29, 1.82) is 0 Å². The Morgan fingerprint density at radius 3 is 2.70 bits per heavy atom. The fourth-order valence-electron chi connectivity index (χ4n) is 4.29. The number of likely N-dealkylation sites (tertiary alicyclic amines) is 2. The Balaban J connectivity index is 1.66. The van der Waals surface area contributed by atoms with Gasteiger partial charge in [0.25, 0.3) is 5.91 Å². The summed E-state index contributed by atoms with van der Waals surface area (Å²) in [5, 5.41) is 11.1. The molecule has 1 N–H and O–H groups in total. The molecule has 5 nitrogen and oxygen atoms in total. The number of hydrogen-bond acceptors (Lipinski definition) is 4. The van der Waals surface area contributed by atoms with Gasteiger partial charge < -0.3 is 14.7 Å². The number of amides is 1. The molecular formula is C21H31FN2O3. The predicted molar refractivity (Wildman–Crippen MR) is 102 cm³/mol. The lowest BCUT2D eigenvalue weighted by Gasteiger charge is -2.42. The van der Waals surface area contributed by atoms with Crippen molar-refractivity contribution in [2.75, 3.05) is 33.3 Å². The van der Waals surface area contributed by atoms with E-state index in [1.807, 2.05) is 0 Å². The Hall–Kier alpha value is -1.66. The Morgan fingerprint density at radius 2 is 2.04 bits per heavy atom. The molecule has 0 radical (unpaired) electrons. The van der Waals surface area contributed by atoms with Crippen molar-refractivity contribution >= 4 is 5.91 Å². The van der Waals surface area contributed by atoms with E-state index in [9.17, 15) is 14.3 Å². The number of carbonyl (C=O) groups is 1. The summed E-state index contributed by atoms with van der Waals surface area (Å²) >= 11 is 0. The first-order chi connectivity index (χ1) is 12.9. The van der Waals surface area contributed by atoms with Gasteiger partial charge in [0.1, 0.15) is 11.6 Å². The second-order valence-corrected chi connectivity index (χ2v) is 7.95. The maximum atomic E-state index is 14.2. The molecule has 2 aliphatic heterocycles. The van der Waals surface area contributed by atoms with Crippen molar-refractivity contribution in [2.45, 2.75) is 51.2 Å². The third-order valence-corrected chi connectivity index (χ3v) is 6.09. The van der Waals surface area contributed by atoms with Gasteiger partial charge in [0.2, 0.25) is 0 Å². The molecule has 2 aliphatic rings. The average Bonchev–Trinajstić information content (AvgIpc) is 2.68. The zero-order valence-corrected chi connectivity index (χ0v) is 16.4. The van der Waals surface area contributed by atoms with E-state index in [1.54, 1.807) is 17.0 Å². The Morgan fingerprint density at radius 1 is 1.30 bits per heavy atom. The van der Waals surface area contributed by atoms with Gasteiger partial charge in [0.05, 0.1) is 7.11 Å². The Kier molecular flexibility index (Phi) is 6.37. The van der Waals surface area contributed by atoms with Gasteiger partial charge in [0, 0.05) is 25.2 Å². The molecule has 0 aliphatic carbocycles. The molecule has 0 unspecified atom stereocenters. The lowest BCUT2D eigenvalue weighted by atomic mass is 9.88. The molecular weight excluding hydrogens is 347 g/mol. The highest BCUT2D eigenvalue weighted by Crippen LogP contribution is 2.29. The fraction of sp³-hybridized carbons (Fsp3) is 0.667. The van der Waals surface area contributed by atoms with E-state index in [4.69, 9.17) is 4.74 Å². The number of nitrogens with zero attached hydrogens (tertiary/aromatic N) is 2. The molecule has 0 saturated carbocycles. The lowest BCUT2D eigenvalue weighted by molar-refractivity contribution is -0.160. The number of carbonyl (C=O) groups excluding carboxylic acids is 1. The van der Waals surface area contributed by atoms with Gasteiger partial charge in [-0.25, -0.2) is 4.39 Å². The standard InChI is InChI=1S/C21H31FN2O3/c1-3-16-7-11-23(12-8-16)15-21(26)9-4-10-24(20(21)25)14-17-13-18(27-2)5-6-19(17)22/h5-6,13,16,26H,3-4,7-12,14-15H2,1-2H3/t21-/m0/s1. The summed E-state index contributed by atoms with van der Waals surface area (Å²) in [6, 6.07) is 4.53. The number of benzene rings is 1. The molecule has 1 aromatic carbocycles. The van der Waals surface area contributed by atoms with E-state index in [2.05, 4.69) is 11.8 Å². The van der Waals surface area contributed by atoms with Crippen LogP contribution in [0, 0.1) is 11.7 Å². The van der Waals surface area contributed by atoms with Crippen molar-refractivity contribution in [2.24, 2.45) is 5.92 Å². The van der Waals surface area contributed by atoms with Crippen LogP contribution >= 0.6 is 0 Å². The summed E-state index contributed by atoms with van der Waals surface area (Å²) < 4.78 is 19.3. The van der Waals surface area contributed by atoms with Crippen molar-refractivity contribution < 1.29 is 19.0 Å². The van der Waals surface area contributed by atoms with Crippen LogP contribution < -0.4 is 4.74 Å². The Labute approximate surface area is 161 Å². The van der Waals surface area contributed by atoms with Crippen LogP contribution in [0.3, 0.4) is 0 Å². The largest absolute Gasteiger partial charge is 0.497 e. The molecule has 1 aromatic rings. The van der Waals surface area contributed by atoms with Gasteiger partial charge in [-0.05, 0) is 62.9 Å². The monoisotopic (exact) mass is 378 g/mol.